The zero-order valence-corrected chi connectivity index (χ0v) is 14.7. The summed E-state index contributed by atoms with van der Waals surface area (Å²) >= 11 is 10.8. The number of halogens is 1. The van der Waals surface area contributed by atoms with E-state index in [9.17, 15) is 9.59 Å². The largest absolute Gasteiger partial charge is 0.298 e. The molecule has 24 heavy (non-hydrogen) atoms. The van der Waals surface area contributed by atoms with Crippen LogP contribution >= 0.6 is 23.8 Å². The van der Waals surface area contributed by atoms with Gasteiger partial charge in [0.1, 0.15) is 0 Å². The maximum atomic E-state index is 12.3. The highest BCUT2D eigenvalue weighted by Gasteiger charge is 2.13. The zero-order chi connectivity index (χ0) is 17.7. The molecule has 0 spiro atoms. The van der Waals surface area contributed by atoms with Crippen LogP contribution in [0, 0.1) is 13.8 Å². The van der Waals surface area contributed by atoms with E-state index in [0.717, 1.165) is 11.1 Å². The summed E-state index contributed by atoms with van der Waals surface area (Å²) in [6.45, 7) is 3.70. The SMILES string of the molecule is Cc1cccc(C)c1C(=O)NC(=S)NNC(=O)c1ccc(Cl)cc1. The average Bonchev–Trinajstić information content (AvgIpc) is 2.53. The number of hydrazine groups is 1. The molecule has 7 heteroatoms. The van der Waals surface area contributed by atoms with Gasteiger partial charge in [-0.3, -0.25) is 25.8 Å². The van der Waals surface area contributed by atoms with E-state index in [1.54, 1.807) is 24.3 Å². The van der Waals surface area contributed by atoms with E-state index in [-0.39, 0.29) is 11.0 Å². The van der Waals surface area contributed by atoms with Crippen molar-refractivity contribution in [3.63, 3.8) is 0 Å². The Hall–Kier alpha value is -2.44. The van der Waals surface area contributed by atoms with Crippen LogP contribution in [-0.2, 0) is 0 Å². The molecule has 3 N–H and O–H groups in total. The van der Waals surface area contributed by atoms with Gasteiger partial charge in [-0.15, -0.1) is 0 Å². The Morgan fingerprint density at radius 1 is 0.917 bits per heavy atom. The van der Waals surface area contributed by atoms with Gasteiger partial charge in [0.05, 0.1) is 0 Å². The van der Waals surface area contributed by atoms with Crippen LogP contribution in [0.5, 0.6) is 0 Å². The van der Waals surface area contributed by atoms with Gasteiger partial charge in [0.2, 0.25) is 0 Å². The molecule has 0 aliphatic heterocycles. The van der Waals surface area contributed by atoms with Gasteiger partial charge in [0.25, 0.3) is 11.8 Å². The fraction of sp³-hybridized carbons (Fsp3) is 0.118. The molecule has 2 amide bonds. The summed E-state index contributed by atoms with van der Waals surface area (Å²) in [5.41, 5.74) is 7.59. The van der Waals surface area contributed by atoms with Crippen LogP contribution in [0.25, 0.3) is 0 Å². The van der Waals surface area contributed by atoms with Gasteiger partial charge in [-0.2, -0.15) is 0 Å². The minimum atomic E-state index is -0.393. The maximum Gasteiger partial charge on any atom is 0.269 e. The highest BCUT2D eigenvalue weighted by Crippen LogP contribution is 2.12. The van der Waals surface area contributed by atoms with Gasteiger partial charge in [-0.25, -0.2) is 0 Å². The normalized spacial score (nSPS) is 9.96. The van der Waals surface area contributed by atoms with E-state index in [1.807, 2.05) is 32.0 Å². The minimum absolute atomic E-state index is 0.00460. The van der Waals surface area contributed by atoms with Gasteiger partial charge >= 0.3 is 0 Å². The van der Waals surface area contributed by atoms with Crippen molar-refractivity contribution in [1.82, 2.24) is 16.2 Å². The number of carbonyl (C=O) groups is 2. The second kappa shape index (κ2) is 7.90. The molecule has 2 aromatic rings. The fourth-order valence-electron chi connectivity index (χ4n) is 2.16. The lowest BCUT2D eigenvalue weighted by atomic mass is 10.0. The molecule has 0 saturated heterocycles. The van der Waals surface area contributed by atoms with E-state index in [0.29, 0.717) is 16.1 Å². The van der Waals surface area contributed by atoms with Crippen LogP contribution in [-0.4, -0.2) is 16.9 Å². The minimum Gasteiger partial charge on any atom is -0.298 e. The summed E-state index contributed by atoms with van der Waals surface area (Å²) in [5.74, 6) is -0.723. The van der Waals surface area contributed by atoms with Crippen LogP contribution in [0.2, 0.25) is 5.02 Å². The third-order valence-corrected chi connectivity index (χ3v) is 3.79. The molecule has 124 valence electrons. The summed E-state index contributed by atoms with van der Waals surface area (Å²) < 4.78 is 0. The molecule has 0 atom stereocenters. The zero-order valence-electron chi connectivity index (χ0n) is 13.1. The third kappa shape index (κ3) is 4.53. The molecule has 0 saturated carbocycles. The second-order valence-corrected chi connectivity index (χ2v) is 5.98. The lowest BCUT2D eigenvalue weighted by Crippen LogP contribution is -2.48. The number of nitrogens with one attached hydrogen (secondary N) is 3. The smallest absolute Gasteiger partial charge is 0.269 e. The predicted octanol–water partition coefficient (Wildman–Crippen LogP) is 2.91. The number of hydrogen-bond donors (Lipinski definition) is 3. The van der Waals surface area contributed by atoms with Crippen molar-refractivity contribution in [3.05, 3.63) is 69.7 Å². The molecular formula is C17H16ClN3O2S. The topological polar surface area (TPSA) is 70.2 Å². The summed E-state index contributed by atoms with van der Waals surface area (Å²) in [7, 11) is 0. The third-order valence-electron chi connectivity index (χ3n) is 3.33. The highest BCUT2D eigenvalue weighted by molar-refractivity contribution is 7.80. The number of carbonyl (C=O) groups excluding carboxylic acids is 2. The van der Waals surface area contributed by atoms with Crippen molar-refractivity contribution in [2.24, 2.45) is 0 Å². The number of amides is 2. The first-order valence-electron chi connectivity index (χ1n) is 7.12. The van der Waals surface area contributed by atoms with Crippen molar-refractivity contribution >= 4 is 40.7 Å². The average molecular weight is 362 g/mol. The molecule has 0 radical (unpaired) electrons. The van der Waals surface area contributed by atoms with Crippen molar-refractivity contribution in [2.45, 2.75) is 13.8 Å². The Kier molecular flexibility index (Phi) is 5.89. The molecular weight excluding hydrogens is 346 g/mol. The quantitative estimate of drug-likeness (QED) is 0.568. The van der Waals surface area contributed by atoms with Crippen LogP contribution in [0.4, 0.5) is 0 Å². The fourth-order valence-corrected chi connectivity index (χ4v) is 2.43. The van der Waals surface area contributed by atoms with Crippen molar-refractivity contribution < 1.29 is 9.59 Å². The summed E-state index contributed by atoms with van der Waals surface area (Å²) in [5, 5.41) is 3.08. The molecule has 2 aromatic carbocycles. The number of benzene rings is 2. The van der Waals surface area contributed by atoms with Crippen LogP contribution in [0.15, 0.2) is 42.5 Å². The molecule has 0 unspecified atom stereocenters. The van der Waals surface area contributed by atoms with Gasteiger partial charge in [-0.05, 0) is 61.5 Å². The van der Waals surface area contributed by atoms with Crippen molar-refractivity contribution in [1.29, 1.82) is 0 Å². The predicted molar refractivity (Wildman–Crippen MR) is 98.0 cm³/mol. The molecule has 5 nitrogen and oxygen atoms in total. The van der Waals surface area contributed by atoms with E-state index in [4.69, 9.17) is 23.8 Å². The Balaban J connectivity index is 1.92. The Morgan fingerprint density at radius 3 is 2.08 bits per heavy atom. The first kappa shape index (κ1) is 17.9. The molecule has 2 rings (SSSR count). The molecule has 0 aliphatic carbocycles. The van der Waals surface area contributed by atoms with E-state index in [1.165, 1.54) is 0 Å². The highest BCUT2D eigenvalue weighted by atomic mass is 35.5. The van der Waals surface area contributed by atoms with Crippen LogP contribution in [0.3, 0.4) is 0 Å². The standard InChI is InChI=1S/C17H16ClN3O2S/c1-10-4-3-5-11(2)14(10)16(23)19-17(24)21-20-15(22)12-6-8-13(18)9-7-12/h3-9H,1-2H3,(H,20,22)(H2,19,21,23,24). The number of hydrogen-bond acceptors (Lipinski definition) is 3. The Labute approximate surface area is 150 Å². The van der Waals surface area contributed by atoms with Gasteiger partial charge in [0.15, 0.2) is 5.11 Å². The number of thiocarbonyl (C=S) groups is 1. The Morgan fingerprint density at radius 2 is 1.50 bits per heavy atom. The van der Waals surface area contributed by atoms with E-state index >= 15 is 0 Å². The molecule has 0 aromatic heterocycles. The first-order chi connectivity index (χ1) is 11.4. The molecule has 0 bridgehead atoms. The van der Waals surface area contributed by atoms with Gasteiger partial charge < -0.3 is 0 Å². The van der Waals surface area contributed by atoms with Crippen molar-refractivity contribution in [2.75, 3.05) is 0 Å². The lowest BCUT2D eigenvalue weighted by Gasteiger charge is -2.13. The van der Waals surface area contributed by atoms with Crippen molar-refractivity contribution in [3.8, 4) is 0 Å². The molecule has 0 aliphatic rings. The number of rotatable bonds is 2. The first-order valence-corrected chi connectivity index (χ1v) is 7.90. The summed E-state index contributed by atoms with van der Waals surface area (Å²) in [4.78, 5) is 24.2. The lowest BCUT2D eigenvalue weighted by molar-refractivity contribution is 0.0934. The summed E-state index contributed by atoms with van der Waals surface area (Å²) in [6.07, 6.45) is 0. The Bertz CT molecular complexity index is 771. The second-order valence-electron chi connectivity index (χ2n) is 5.14. The van der Waals surface area contributed by atoms with Crippen LogP contribution in [0.1, 0.15) is 31.8 Å². The molecule has 0 fully saturated rings. The van der Waals surface area contributed by atoms with E-state index < -0.39 is 5.91 Å². The number of aryl methyl sites for hydroxylation is 2. The van der Waals surface area contributed by atoms with Gasteiger partial charge in [-0.1, -0.05) is 29.8 Å². The maximum absolute atomic E-state index is 12.3. The van der Waals surface area contributed by atoms with E-state index in [2.05, 4.69) is 16.2 Å². The van der Waals surface area contributed by atoms with Crippen LogP contribution < -0.4 is 16.2 Å². The monoisotopic (exact) mass is 361 g/mol. The summed E-state index contributed by atoms with van der Waals surface area (Å²) in [6, 6.07) is 12.0. The molecule has 0 heterocycles. The van der Waals surface area contributed by atoms with Gasteiger partial charge in [0, 0.05) is 16.1 Å².